The second kappa shape index (κ2) is 4.55. The van der Waals surface area contributed by atoms with Gasteiger partial charge in [0.1, 0.15) is 0 Å². The van der Waals surface area contributed by atoms with E-state index in [4.69, 9.17) is 5.11 Å². The molecule has 2 rings (SSSR count). The van der Waals surface area contributed by atoms with Crippen molar-refractivity contribution in [2.24, 2.45) is 0 Å². The van der Waals surface area contributed by atoms with Crippen molar-refractivity contribution in [2.75, 3.05) is 0 Å². The Morgan fingerprint density at radius 2 is 1.93 bits per heavy atom. The molecule has 0 heterocycles. The van der Waals surface area contributed by atoms with Gasteiger partial charge in [-0.25, -0.2) is 4.79 Å². The molecule has 0 atom stereocenters. The Bertz CT molecular complexity index is 506. The first-order chi connectivity index (χ1) is 6.68. The van der Waals surface area contributed by atoms with Crippen molar-refractivity contribution in [1.82, 2.24) is 0 Å². The van der Waals surface area contributed by atoms with Crippen LogP contribution in [0.5, 0.6) is 0 Å². The van der Waals surface area contributed by atoms with Crippen LogP contribution in [-0.4, -0.2) is 30.9 Å². The van der Waals surface area contributed by atoms with Gasteiger partial charge in [0, 0.05) is 19.8 Å². The average Bonchev–Trinajstić information content (AvgIpc) is 2.16. The number of aryl methyl sites for hydroxylation is 1. The van der Waals surface area contributed by atoms with Crippen molar-refractivity contribution in [3.63, 3.8) is 0 Å². The molecular weight excluding hydrogens is 246 g/mol. The molecule has 0 spiro atoms. The number of carboxylic acids is 1. The van der Waals surface area contributed by atoms with E-state index in [1.54, 1.807) is 12.1 Å². The third kappa shape index (κ3) is 2.25. The SMILES string of the molecule is Cc1ccc2c(C(=O)O)cccc2c1.[Ga]. The zero-order valence-electron chi connectivity index (χ0n) is 8.40. The van der Waals surface area contributed by atoms with Crippen molar-refractivity contribution in [3.8, 4) is 0 Å². The standard InChI is InChI=1S/C12H10O2.Ga/c1-8-5-6-10-9(7-8)3-2-4-11(10)12(13)14;/h2-7H,1H3,(H,13,14);. The van der Waals surface area contributed by atoms with Gasteiger partial charge in [-0.3, -0.25) is 0 Å². The normalized spacial score (nSPS) is 9.67. The predicted molar refractivity (Wildman–Crippen MR) is 61.4 cm³/mol. The molecule has 2 aromatic rings. The summed E-state index contributed by atoms with van der Waals surface area (Å²) in [5.74, 6) is -0.876. The summed E-state index contributed by atoms with van der Waals surface area (Å²) in [7, 11) is 0. The molecule has 0 saturated carbocycles. The molecule has 0 fully saturated rings. The number of carboxylic acid groups (broad SMARTS) is 1. The van der Waals surface area contributed by atoms with Crippen LogP contribution in [0.1, 0.15) is 15.9 Å². The molecule has 0 amide bonds. The van der Waals surface area contributed by atoms with Crippen LogP contribution in [0.15, 0.2) is 36.4 Å². The molecular formula is C12H10GaO2. The van der Waals surface area contributed by atoms with E-state index in [0.717, 1.165) is 16.3 Å². The van der Waals surface area contributed by atoms with Gasteiger partial charge in [0.25, 0.3) is 0 Å². The van der Waals surface area contributed by atoms with Gasteiger partial charge < -0.3 is 5.11 Å². The van der Waals surface area contributed by atoms with E-state index in [1.807, 2.05) is 31.2 Å². The maximum atomic E-state index is 10.9. The number of fused-ring (bicyclic) bond motifs is 1. The van der Waals surface area contributed by atoms with E-state index in [2.05, 4.69) is 0 Å². The van der Waals surface area contributed by atoms with E-state index in [9.17, 15) is 4.79 Å². The van der Waals surface area contributed by atoms with Gasteiger partial charge in [0.15, 0.2) is 0 Å². The monoisotopic (exact) mass is 255 g/mol. The Balaban J connectivity index is 0.00000112. The molecule has 1 N–H and O–H groups in total. The number of aromatic carboxylic acids is 1. The summed E-state index contributed by atoms with van der Waals surface area (Å²) in [6.07, 6.45) is 0. The van der Waals surface area contributed by atoms with Gasteiger partial charge in [0.05, 0.1) is 5.56 Å². The molecule has 0 aliphatic rings. The van der Waals surface area contributed by atoms with Crippen molar-refractivity contribution in [3.05, 3.63) is 47.5 Å². The molecule has 73 valence electrons. The second-order valence-electron chi connectivity index (χ2n) is 3.34. The Morgan fingerprint density at radius 1 is 1.20 bits per heavy atom. The topological polar surface area (TPSA) is 37.3 Å². The van der Waals surface area contributed by atoms with E-state index < -0.39 is 5.97 Å². The van der Waals surface area contributed by atoms with Crippen molar-refractivity contribution in [2.45, 2.75) is 6.92 Å². The number of hydrogen-bond donors (Lipinski definition) is 1. The van der Waals surface area contributed by atoms with Gasteiger partial charge >= 0.3 is 5.97 Å². The first kappa shape index (κ1) is 11.9. The molecule has 0 aromatic heterocycles. The zero-order valence-corrected chi connectivity index (χ0v) is 10.8. The summed E-state index contributed by atoms with van der Waals surface area (Å²) in [5.41, 5.74) is 1.50. The Labute approximate surface area is 101 Å². The van der Waals surface area contributed by atoms with Crippen LogP contribution >= 0.6 is 0 Å². The molecule has 15 heavy (non-hydrogen) atoms. The van der Waals surface area contributed by atoms with Crippen LogP contribution in [0.25, 0.3) is 10.8 Å². The van der Waals surface area contributed by atoms with E-state index in [-0.39, 0.29) is 19.8 Å². The summed E-state index contributed by atoms with van der Waals surface area (Å²) in [6, 6.07) is 11.1. The van der Waals surface area contributed by atoms with Gasteiger partial charge in [-0.2, -0.15) is 0 Å². The van der Waals surface area contributed by atoms with E-state index in [0.29, 0.717) is 5.56 Å². The Kier molecular flexibility index (Phi) is 3.60. The Hall–Kier alpha value is -1.19. The first-order valence-corrected chi connectivity index (χ1v) is 4.41. The Morgan fingerprint density at radius 3 is 2.60 bits per heavy atom. The van der Waals surface area contributed by atoms with E-state index in [1.165, 1.54) is 0 Å². The molecule has 0 aliphatic carbocycles. The summed E-state index contributed by atoms with van der Waals surface area (Å²) in [5, 5.41) is 10.7. The number of rotatable bonds is 1. The molecule has 2 aromatic carbocycles. The maximum absolute atomic E-state index is 10.9. The summed E-state index contributed by atoms with van der Waals surface area (Å²) in [6.45, 7) is 1.99. The minimum atomic E-state index is -0.876. The van der Waals surface area contributed by atoms with Gasteiger partial charge in [-0.05, 0) is 23.8 Å². The molecule has 0 saturated heterocycles. The summed E-state index contributed by atoms with van der Waals surface area (Å²) < 4.78 is 0. The fraction of sp³-hybridized carbons (Fsp3) is 0.0833. The minimum Gasteiger partial charge on any atom is -0.478 e. The van der Waals surface area contributed by atoms with Gasteiger partial charge in [0.2, 0.25) is 0 Å². The largest absolute Gasteiger partial charge is 0.478 e. The van der Waals surface area contributed by atoms with Crippen LogP contribution in [0.3, 0.4) is 0 Å². The molecule has 2 nitrogen and oxygen atoms in total. The minimum absolute atomic E-state index is 0. The van der Waals surface area contributed by atoms with Crippen molar-refractivity contribution >= 4 is 36.5 Å². The zero-order chi connectivity index (χ0) is 10.1. The smallest absolute Gasteiger partial charge is 0.336 e. The fourth-order valence-electron chi connectivity index (χ4n) is 1.59. The predicted octanol–water partition coefficient (Wildman–Crippen LogP) is 2.47. The number of benzene rings is 2. The second-order valence-corrected chi connectivity index (χ2v) is 3.34. The number of carbonyl (C=O) groups is 1. The molecule has 3 radical (unpaired) electrons. The quantitative estimate of drug-likeness (QED) is 0.795. The average molecular weight is 256 g/mol. The van der Waals surface area contributed by atoms with Crippen LogP contribution in [0.4, 0.5) is 0 Å². The van der Waals surface area contributed by atoms with Crippen LogP contribution < -0.4 is 0 Å². The summed E-state index contributed by atoms with van der Waals surface area (Å²) >= 11 is 0. The van der Waals surface area contributed by atoms with Crippen molar-refractivity contribution < 1.29 is 9.90 Å². The van der Waals surface area contributed by atoms with E-state index >= 15 is 0 Å². The van der Waals surface area contributed by atoms with Gasteiger partial charge in [-0.1, -0.05) is 35.9 Å². The van der Waals surface area contributed by atoms with Crippen LogP contribution in [0, 0.1) is 6.92 Å². The molecule has 0 aliphatic heterocycles. The third-order valence-corrected chi connectivity index (χ3v) is 2.27. The van der Waals surface area contributed by atoms with Crippen LogP contribution in [0.2, 0.25) is 0 Å². The number of hydrogen-bond acceptors (Lipinski definition) is 1. The molecule has 0 unspecified atom stereocenters. The molecule has 0 bridgehead atoms. The first-order valence-electron chi connectivity index (χ1n) is 4.41. The van der Waals surface area contributed by atoms with Crippen LogP contribution in [-0.2, 0) is 0 Å². The maximum Gasteiger partial charge on any atom is 0.336 e. The third-order valence-electron chi connectivity index (χ3n) is 2.27. The molecule has 3 heteroatoms. The van der Waals surface area contributed by atoms with Crippen molar-refractivity contribution in [1.29, 1.82) is 0 Å². The van der Waals surface area contributed by atoms with Gasteiger partial charge in [-0.15, -0.1) is 0 Å². The fourth-order valence-corrected chi connectivity index (χ4v) is 1.59. The summed E-state index contributed by atoms with van der Waals surface area (Å²) in [4.78, 5) is 10.9.